The Kier molecular flexibility index (Phi) is 6.71. The summed E-state index contributed by atoms with van der Waals surface area (Å²) in [6.07, 6.45) is -1.29. The van der Waals surface area contributed by atoms with Gasteiger partial charge in [0.05, 0.1) is 18.5 Å². The third-order valence-corrected chi connectivity index (χ3v) is 6.04. The van der Waals surface area contributed by atoms with E-state index in [-0.39, 0.29) is 37.1 Å². The molecular weight excluding hydrogens is 399 g/mol. The lowest BCUT2D eigenvalue weighted by Crippen LogP contribution is -2.49. The average molecular weight is 427 g/mol. The Bertz CT molecular complexity index is 865. The number of alkyl halides is 3. The Morgan fingerprint density at radius 1 is 1.37 bits per heavy atom. The lowest BCUT2D eigenvalue weighted by molar-refractivity contribution is -0.143. The highest BCUT2D eigenvalue weighted by atomic mass is 19.4. The molecule has 1 amide bonds. The van der Waals surface area contributed by atoms with Crippen LogP contribution in [0, 0.1) is 11.8 Å². The van der Waals surface area contributed by atoms with Crippen LogP contribution in [0.4, 0.5) is 13.2 Å². The minimum atomic E-state index is -4.37. The molecule has 9 heteroatoms. The summed E-state index contributed by atoms with van der Waals surface area (Å²) in [4.78, 5) is 27.2. The fourth-order valence-electron chi connectivity index (χ4n) is 4.80. The van der Waals surface area contributed by atoms with E-state index in [1.807, 2.05) is 6.92 Å². The Labute approximate surface area is 173 Å². The third kappa shape index (κ3) is 4.18. The molecule has 0 radical (unpaired) electrons. The van der Waals surface area contributed by atoms with Gasteiger partial charge >= 0.3 is 6.18 Å². The van der Waals surface area contributed by atoms with Gasteiger partial charge in [0, 0.05) is 49.3 Å². The molecule has 0 aliphatic carbocycles. The number of rotatable bonds is 7. The quantitative estimate of drug-likeness (QED) is 0.701. The van der Waals surface area contributed by atoms with E-state index in [9.17, 15) is 27.9 Å². The normalized spacial score (nSPS) is 26.2. The second-order valence-corrected chi connectivity index (χ2v) is 7.92. The van der Waals surface area contributed by atoms with Crippen molar-refractivity contribution in [2.24, 2.45) is 11.8 Å². The zero-order valence-electron chi connectivity index (χ0n) is 17.2. The Hall–Kier alpha value is -2.13. The molecule has 2 aliphatic heterocycles. The molecule has 2 aliphatic rings. The van der Waals surface area contributed by atoms with Gasteiger partial charge in [-0.2, -0.15) is 13.2 Å². The maximum Gasteiger partial charge on any atom is 0.390 e. The topological polar surface area (TPSA) is 74.6 Å². The molecule has 0 unspecified atom stereocenters. The molecule has 0 saturated carbocycles. The number of carbonyl (C=O) groups is 1. The number of fused-ring (bicyclic) bond motifs is 3. The summed E-state index contributed by atoms with van der Waals surface area (Å²) in [6.45, 7) is 3.68. The summed E-state index contributed by atoms with van der Waals surface area (Å²) in [5, 5.41) is 12.8. The predicted octanol–water partition coefficient (Wildman–Crippen LogP) is 2.32. The molecule has 0 bridgehead atoms. The van der Waals surface area contributed by atoms with Crippen molar-refractivity contribution in [3.8, 4) is 0 Å². The number of aliphatic hydroxyl groups is 1. The smallest absolute Gasteiger partial charge is 0.390 e. The first-order valence-corrected chi connectivity index (χ1v) is 10.3. The number of aromatic nitrogens is 1. The summed E-state index contributed by atoms with van der Waals surface area (Å²) in [5.74, 6) is -1.23. The van der Waals surface area contributed by atoms with Gasteiger partial charge in [-0.15, -0.1) is 0 Å². The van der Waals surface area contributed by atoms with Gasteiger partial charge in [0.15, 0.2) is 0 Å². The van der Waals surface area contributed by atoms with E-state index in [1.54, 1.807) is 35.8 Å². The second kappa shape index (κ2) is 8.93. The van der Waals surface area contributed by atoms with Crippen LogP contribution in [0.5, 0.6) is 0 Å². The molecule has 3 heterocycles. The molecular formula is C21H28F3N3O3. The predicted molar refractivity (Wildman–Crippen MR) is 107 cm³/mol. The Morgan fingerprint density at radius 2 is 2.10 bits per heavy atom. The number of likely N-dealkylation sites (tertiary alicyclic amines) is 1. The standard InChI is InChI=1S/C21H28F3N3O3/c1-3-5-13-6-7-16-17-14(11-27(16)20(13)30)15(12-28)18(19(29)25-9-4-2)26(17)10-8-21(22,23)24/h3,5-7,14-15,17-18,28H,4,8-12H2,1-2H3,(H,25,29)/b5-3-/t14-,15-,17+,18-/m1/s1. The summed E-state index contributed by atoms with van der Waals surface area (Å²) >= 11 is 0. The fourth-order valence-corrected chi connectivity index (χ4v) is 4.80. The molecule has 1 saturated heterocycles. The van der Waals surface area contributed by atoms with Gasteiger partial charge in [-0.25, -0.2) is 0 Å². The Morgan fingerprint density at radius 3 is 2.70 bits per heavy atom. The van der Waals surface area contributed by atoms with Crippen LogP contribution in [0.1, 0.15) is 44.0 Å². The van der Waals surface area contributed by atoms with Gasteiger partial charge in [0.2, 0.25) is 5.91 Å². The van der Waals surface area contributed by atoms with E-state index in [0.717, 1.165) is 0 Å². The summed E-state index contributed by atoms with van der Waals surface area (Å²) in [6, 6.07) is 2.03. The molecule has 0 aromatic carbocycles. The van der Waals surface area contributed by atoms with Crippen molar-refractivity contribution in [2.75, 3.05) is 19.7 Å². The summed E-state index contributed by atoms with van der Waals surface area (Å²) in [7, 11) is 0. The molecule has 4 atom stereocenters. The van der Waals surface area contributed by atoms with E-state index in [1.165, 1.54) is 4.90 Å². The van der Waals surface area contributed by atoms with Gasteiger partial charge in [0.1, 0.15) is 0 Å². The van der Waals surface area contributed by atoms with Crippen molar-refractivity contribution < 1.29 is 23.1 Å². The highest BCUT2D eigenvalue weighted by molar-refractivity contribution is 5.82. The third-order valence-electron chi connectivity index (χ3n) is 6.04. The molecule has 166 valence electrons. The second-order valence-electron chi connectivity index (χ2n) is 7.92. The van der Waals surface area contributed by atoms with Crippen molar-refractivity contribution in [3.05, 3.63) is 39.8 Å². The van der Waals surface area contributed by atoms with Crippen molar-refractivity contribution in [1.82, 2.24) is 14.8 Å². The zero-order chi connectivity index (χ0) is 22.1. The number of hydrogen-bond acceptors (Lipinski definition) is 4. The maximum atomic E-state index is 13.0. The summed E-state index contributed by atoms with van der Waals surface area (Å²) in [5.41, 5.74) is 0.893. The van der Waals surface area contributed by atoms with Crippen LogP contribution in [0.25, 0.3) is 6.08 Å². The molecule has 1 fully saturated rings. The molecule has 1 aromatic heterocycles. The zero-order valence-corrected chi connectivity index (χ0v) is 17.2. The molecule has 2 N–H and O–H groups in total. The lowest BCUT2D eigenvalue weighted by atomic mass is 9.88. The Balaban J connectivity index is 2.02. The van der Waals surface area contributed by atoms with E-state index in [2.05, 4.69) is 5.32 Å². The number of allylic oxidation sites excluding steroid dienone is 1. The van der Waals surface area contributed by atoms with Crippen LogP contribution in [0.2, 0.25) is 0 Å². The number of carbonyl (C=O) groups excluding carboxylic acids is 1. The minimum Gasteiger partial charge on any atom is -0.396 e. The molecule has 30 heavy (non-hydrogen) atoms. The largest absolute Gasteiger partial charge is 0.396 e. The monoisotopic (exact) mass is 427 g/mol. The lowest BCUT2D eigenvalue weighted by Gasteiger charge is -2.31. The van der Waals surface area contributed by atoms with Crippen molar-refractivity contribution >= 4 is 12.0 Å². The van der Waals surface area contributed by atoms with Gasteiger partial charge < -0.3 is 15.0 Å². The highest BCUT2D eigenvalue weighted by Gasteiger charge is 2.55. The molecule has 0 spiro atoms. The van der Waals surface area contributed by atoms with E-state index in [0.29, 0.717) is 24.2 Å². The number of pyridine rings is 1. The van der Waals surface area contributed by atoms with Crippen LogP contribution in [-0.2, 0) is 11.3 Å². The van der Waals surface area contributed by atoms with Crippen LogP contribution in [0.3, 0.4) is 0 Å². The highest BCUT2D eigenvalue weighted by Crippen LogP contribution is 2.49. The number of halogens is 3. The first kappa shape index (κ1) is 22.6. The summed E-state index contributed by atoms with van der Waals surface area (Å²) < 4.78 is 40.6. The van der Waals surface area contributed by atoms with Gasteiger partial charge in [-0.3, -0.25) is 14.5 Å². The molecule has 3 rings (SSSR count). The minimum absolute atomic E-state index is 0.209. The van der Waals surface area contributed by atoms with Crippen LogP contribution >= 0.6 is 0 Å². The average Bonchev–Trinajstić information content (AvgIpc) is 3.21. The molecule has 1 aromatic rings. The van der Waals surface area contributed by atoms with Gasteiger partial charge in [-0.05, 0) is 25.5 Å². The first-order chi connectivity index (χ1) is 14.2. The van der Waals surface area contributed by atoms with Crippen LogP contribution in [0.15, 0.2) is 23.0 Å². The number of aliphatic hydroxyl groups excluding tert-OH is 1. The van der Waals surface area contributed by atoms with Crippen LogP contribution < -0.4 is 10.9 Å². The first-order valence-electron chi connectivity index (χ1n) is 10.3. The SMILES string of the molecule is C/C=C\c1ccc2n(c1=O)C[C@@H]1[C@@H](CO)[C@H](C(=O)NCCC)N(CCC(F)(F)F)[C@H]21. The van der Waals surface area contributed by atoms with Gasteiger partial charge in [0.25, 0.3) is 5.56 Å². The van der Waals surface area contributed by atoms with E-state index in [4.69, 9.17) is 0 Å². The van der Waals surface area contributed by atoms with Crippen molar-refractivity contribution in [1.29, 1.82) is 0 Å². The number of hydrogen-bond donors (Lipinski definition) is 2. The van der Waals surface area contributed by atoms with Crippen molar-refractivity contribution in [2.45, 2.75) is 51.5 Å². The van der Waals surface area contributed by atoms with E-state index < -0.39 is 30.6 Å². The van der Waals surface area contributed by atoms with Crippen molar-refractivity contribution in [3.63, 3.8) is 0 Å². The number of nitrogens with one attached hydrogen (secondary N) is 1. The maximum absolute atomic E-state index is 13.0. The van der Waals surface area contributed by atoms with Gasteiger partial charge in [-0.1, -0.05) is 19.1 Å². The number of amides is 1. The molecule has 6 nitrogen and oxygen atoms in total. The van der Waals surface area contributed by atoms with E-state index >= 15 is 0 Å². The number of nitrogens with zero attached hydrogens (tertiary/aromatic N) is 2. The van der Waals surface area contributed by atoms with Crippen LogP contribution in [-0.4, -0.2) is 52.4 Å². The fraction of sp³-hybridized carbons (Fsp3) is 0.619.